The lowest BCUT2D eigenvalue weighted by molar-refractivity contribution is 0.174. The van der Waals surface area contributed by atoms with Gasteiger partial charge in [0.05, 0.1) is 11.8 Å². The molecule has 0 amide bonds. The Morgan fingerprint density at radius 3 is 2.24 bits per heavy atom. The van der Waals surface area contributed by atoms with Crippen LogP contribution in [0.4, 0.5) is 0 Å². The van der Waals surface area contributed by atoms with Crippen molar-refractivity contribution in [2.45, 2.75) is 60.1 Å². The Hall–Kier alpha value is -1.61. The molecule has 1 aromatic heterocycles. The van der Waals surface area contributed by atoms with Crippen molar-refractivity contribution in [1.82, 2.24) is 9.78 Å². The van der Waals surface area contributed by atoms with Crippen molar-refractivity contribution in [2.24, 2.45) is 0 Å². The van der Waals surface area contributed by atoms with Crippen molar-refractivity contribution >= 4 is 0 Å². The van der Waals surface area contributed by atoms with E-state index in [-0.39, 0.29) is 0 Å². The summed E-state index contributed by atoms with van der Waals surface area (Å²) in [7, 11) is 0. The number of aliphatic hydroxyl groups is 1. The first-order chi connectivity index (χ1) is 9.96. The molecule has 0 bridgehead atoms. The minimum Gasteiger partial charge on any atom is -0.388 e. The maximum absolute atomic E-state index is 10.7. The number of hydrogen-bond donors (Lipinski definition) is 1. The Morgan fingerprint density at radius 2 is 1.71 bits per heavy atom. The van der Waals surface area contributed by atoms with E-state index in [9.17, 15) is 5.11 Å². The van der Waals surface area contributed by atoms with E-state index in [1.807, 2.05) is 4.68 Å². The lowest BCUT2D eigenvalue weighted by Gasteiger charge is -2.18. The second-order valence-corrected chi connectivity index (χ2v) is 5.83. The van der Waals surface area contributed by atoms with Crippen LogP contribution in [0.2, 0.25) is 0 Å². The molecule has 1 N–H and O–H groups in total. The zero-order valence-electron chi connectivity index (χ0n) is 13.8. The second kappa shape index (κ2) is 6.44. The standard InChI is InChI=1S/C18H26N2O/c1-6-15-10-16(20(7-2)19-15)11-17(21)18-13(4)8-12(3)9-14(18)5/h8-10,17,21H,6-7,11H2,1-5H3. The van der Waals surface area contributed by atoms with E-state index in [1.165, 1.54) is 16.7 Å². The van der Waals surface area contributed by atoms with E-state index in [0.717, 1.165) is 29.9 Å². The van der Waals surface area contributed by atoms with Crippen LogP contribution in [0.1, 0.15) is 53.6 Å². The SMILES string of the molecule is CCc1cc(CC(O)c2c(C)cc(C)cc2C)n(CC)n1. The van der Waals surface area contributed by atoms with Crippen LogP contribution in [0.15, 0.2) is 18.2 Å². The Kier molecular flexibility index (Phi) is 4.84. The van der Waals surface area contributed by atoms with Crippen molar-refractivity contribution in [1.29, 1.82) is 0 Å². The fraction of sp³-hybridized carbons (Fsp3) is 0.500. The molecule has 1 unspecified atom stereocenters. The van der Waals surface area contributed by atoms with E-state index in [4.69, 9.17) is 0 Å². The van der Waals surface area contributed by atoms with E-state index < -0.39 is 6.10 Å². The largest absolute Gasteiger partial charge is 0.388 e. The molecule has 0 aliphatic rings. The highest BCUT2D eigenvalue weighted by Gasteiger charge is 2.17. The number of nitrogens with zero attached hydrogens (tertiary/aromatic N) is 2. The molecule has 114 valence electrons. The Bertz CT molecular complexity index is 605. The third kappa shape index (κ3) is 3.35. The Labute approximate surface area is 127 Å². The highest BCUT2D eigenvalue weighted by molar-refractivity contribution is 5.39. The Morgan fingerprint density at radius 1 is 1.10 bits per heavy atom. The lowest BCUT2D eigenvalue weighted by Crippen LogP contribution is -2.11. The summed E-state index contributed by atoms with van der Waals surface area (Å²) in [6.07, 6.45) is 1.07. The van der Waals surface area contributed by atoms with Crippen molar-refractivity contribution in [2.75, 3.05) is 0 Å². The van der Waals surface area contributed by atoms with Crippen LogP contribution in [0.5, 0.6) is 0 Å². The molecule has 2 aromatic rings. The first kappa shape index (κ1) is 15.8. The van der Waals surface area contributed by atoms with Gasteiger partial charge in [0.2, 0.25) is 0 Å². The number of hydrogen-bond acceptors (Lipinski definition) is 2. The van der Waals surface area contributed by atoms with E-state index >= 15 is 0 Å². The van der Waals surface area contributed by atoms with Crippen molar-refractivity contribution in [3.05, 3.63) is 51.8 Å². The first-order valence-electron chi connectivity index (χ1n) is 7.77. The van der Waals surface area contributed by atoms with Crippen LogP contribution in [-0.4, -0.2) is 14.9 Å². The maximum atomic E-state index is 10.7. The number of aryl methyl sites for hydroxylation is 5. The van der Waals surface area contributed by atoms with Crippen LogP contribution >= 0.6 is 0 Å². The van der Waals surface area contributed by atoms with Gasteiger partial charge in [-0.1, -0.05) is 24.6 Å². The highest BCUT2D eigenvalue weighted by atomic mass is 16.3. The van der Waals surface area contributed by atoms with Gasteiger partial charge in [-0.3, -0.25) is 4.68 Å². The third-order valence-electron chi connectivity index (χ3n) is 4.05. The molecule has 2 rings (SSSR count). The molecule has 0 saturated carbocycles. The van der Waals surface area contributed by atoms with Crippen LogP contribution in [0, 0.1) is 20.8 Å². The summed E-state index contributed by atoms with van der Waals surface area (Å²) in [4.78, 5) is 0. The van der Waals surface area contributed by atoms with Gasteiger partial charge >= 0.3 is 0 Å². The smallest absolute Gasteiger partial charge is 0.0850 e. The molecule has 0 fully saturated rings. The highest BCUT2D eigenvalue weighted by Crippen LogP contribution is 2.26. The normalized spacial score (nSPS) is 12.7. The van der Waals surface area contributed by atoms with Gasteiger partial charge in [0.25, 0.3) is 0 Å². The number of benzene rings is 1. The molecule has 0 aliphatic heterocycles. The molecule has 1 atom stereocenters. The summed E-state index contributed by atoms with van der Waals surface area (Å²) in [5, 5.41) is 15.2. The summed E-state index contributed by atoms with van der Waals surface area (Å²) in [5.41, 5.74) is 6.84. The minimum absolute atomic E-state index is 0.475. The van der Waals surface area contributed by atoms with Crippen LogP contribution in [0.3, 0.4) is 0 Å². The predicted molar refractivity (Wildman–Crippen MR) is 86.6 cm³/mol. The van der Waals surface area contributed by atoms with Gasteiger partial charge in [-0.05, 0) is 56.9 Å². The lowest BCUT2D eigenvalue weighted by atomic mass is 9.93. The average Bonchev–Trinajstić information content (AvgIpc) is 2.79. The molecule has 3 heteroatoms. The zero-order valence-corrected chi connectivity index (χ0v) is 13.8. The molecular formula is C18H26N2O. The van der Waals surface area contributed by atoms with Crippen molar-refractivity contribution < 1.29 is 5.11 Å². The Balaban J connectivity index is 2.30. The summed E-state index contributed by atoms with van der Waals surface area (Å²) in [5.74, 6) is 0. The van der Waals surface area contributed by atoms with Gasteiger partial charge in [0.1, 0.15) is 0 Å². The fourth-order valence-corrected chi connectivity index (χ4v) is 3.14. The first-order valence-corrected chi connectivity index (χ1v) is 7.77. The predicted octanol–water partition coefficient (Wildman–Crippen LogP) is 3.67. The van der Waals surface area contributed by atoms with Gasteiger partial charge in [-0.2, -0.15) is 5.10 Å². The van der Waals surface area contributed by atoms with Crippen LogP contribution < -0.4 is 0 Å². The quantitative estimate of drug-likeness (QED) is 0.910. The maximum Gasteiger partial charge on any atom is 0.0850 e. The molecule has 0 aliphatic carbocycles. The summed E-state index contributed by atoms with van der Waals surface area (Å²) >= 11 is 0. The molecule has 3 nitrogen and oxygen atoms in total. The molecule has 0 spiro atoms. The zero-order chi connectivity index (χ0) is 15.6. The van der Waals surface area contributed by atoms with Crippen LogP contribution in [-0.2, 0) is 19.4 Å². The molecule has 0 saturated heterocycles. The molecule has 0 radical (unpaired) electrons. The second-order valence-electron chi connectivity index (χ2n) is 5.83. The summed E-state index contributed by atoms with van der Waals surface area (Å²) < 4.78 is 2.00. The number of aliphatic hydroxyl groups excluding tert-OH is 1. The summed E-state index contributed by atoms with van der Waals surface area (Å²) in [6.45, 7) is 11.3. The van der Waals surface area contributed by atoms with Gasteiger partial charge in [0.15, 0.2) is 0 Å². The topological polar surface area (TPSA) is 38.0 Å². The van der Waals surface area contributed by atoms with Crippen LogP contribution in [0.25, 0.3) is 0 Å². The molecule has 1 heterocycles. The van der Waals surface area contributed by atoms with Crippen molar-refractivity contribution in [3.63, 3.8) is 0 Å². The molecule has 21 heavy (non-hydrogen) atoms. The number of rotatable bonds is 5. The molecular weight excluding hydrogens is 260 g/mol. The van der Waals surface area contributed by atoms with E-state index in [0.29, 0.717) is 6.42 Å². The van der Waals surface area contributed by atoms with E-state index in [2.05, 4.69) is 57.9 Å². The van der Waals surface area contributed by atoms with Gasteiger partial charge < -0.3 is 5.11 Å². The van der Waals surface area contributed by atoms with E-state index in [1.54, 1.807) is 0 Å². The van der Waals surface area contributed by atoms with Gasteiger partial charge in [-0.25, -0.2) is 0 Å². The fourth-order valence-electron chi connectivity index (χ4n) is 3.14. The minimum atomic E-state index is -0.475. The summed E-state index contributed by atoms with van der Waals surface area (Å²) in [6, 6.07) is 6.39. The monoisotopic (exact) mass is 286 g/mol. The van der Waals surface area contributed by atoms with Crippen molar-refractivity contribution in [3.8, 4) is 0 Å². The number of aromatic nitrogens is 2. The van der Waals surface area contributed by atoms with Gasteiger partial charge in [-0.15, -0.1) is 0 Å². The van der Waals surface area contributed by atoms with Gasteiger partial charge in [0, 0.05) is 18.7 Å². The average molecular weight is 286 g/mol. The molecule has 1 aromatic carbocycles. The third-order valence-corrected chi connectivity index (χ3v) is 4.05.